The number of aryl methyl sites for hydroxylation is 1. The highest BCUT2D eigenvalue weighted by molar-refractivity contribution is 5.39. The average Bonchev–Trinajstić information content (AvgIpc) is 2.41. The minimum absolute atomic E-state index is 0.0273. The minimum Gasteiger partial charge on any atom is -0.496 e. The summed E-state index contributed by atoms with van der Waals surface area (Å²) in [5.74, 6) is 0.883. The second-order valence-electron chi connectivity index (χ2n) is 4.50. The van der Waals surface area contributed by atoms with E-state index in [1.165, 1.54) is 5.56 Å². The molecule has 0 spiro atoms. The Morgan fingerprint density at radius 1 is 1.39 bits per heavy atom. The van der Waals surface area contributed by atoms with E-state index in [0.717, 1.165) is 11.3 Å². The van der Waals surface area contributed by atoms with E-state index < -0.39 is 0 Å². The molecule has 1 N–H and O–H groups in total. The molecule has 1 aromatic rings. The van der Waals surface area contributed by atoms with Crippen molar-refractivity contribution in [3.8, 4) is 5.75 Å². The quantitative estimate of drug-likeness (QED) is 0.884. The molecule has 1 aliphatic rings. The predicted molar refractivity (Wildman–Crippen MR) is 70.1 cm³/mol. The van der Waals surface area contributed by atoms with Crippen LogP contribution < -0.4 is 10.1 Å². The minimum atomic E-state index is 0.0273. The van der Waals surface area contributed by atoms with Crippen LogP contribution in [0.1, 0.15) is 17.2 Å². The van der Waals surface area contributed by atoms with Gasteiger partial charge in [0.25, 0.3) is 0 Å². The van der Waals surface area contributed by atoms with Crippen LogP contribution in [0.25, 0.3) is 0 Å². The summed E-state index contributed by atoms with van der Waals surface area (Å²) in [6.45, 7) is 4.02. The summed E-state index contributed by atoms with van der Waals surface area (Å²) < 4.78 is 16.7. The number of benzene rings is 1. The molecule has 0 amide bonds. The molecule has 0 bridgehead atoms. The van der Waals surface area contributed by atoms with Gasteiger partial charge in [0.2, 0.25) is 0 Å². The fraction of sp³-hybridized carbons (Fsp3) is 0.571. The largest absolute Gasteiger partial charge is 0.496 e. The Kier molecular flexibility index (Phi) is 4.58. The maximum absolute atomic E-state index is 5.78. The Labute approximate surface area is 108 Å². The third-order valence-electron chi connectivity index (χ3n) is 3.24. The van der Waals surface area contributed by atoms with Gasteiger partial charge in [-0.15, -0.1) is 0 Å². The Balaban J connectivity index is 2.27. The van der Waals surface area contributed by atoms with Gasteiger partial charge >= 0.3 is 0 Å². The lowest BCUT2D eigenvalue weighted by Crippen LogP contribution is -2.39. The van der Waals surface area contributed by atoms with Crippen LogP contribution >= 0.6 is 0 Å². The van der Waals surface area contributed by atoms with Crippen molar-refractivity contribution in [2.24, 2.45) is 0 Å². The van der Waals surface area contributed by atoms with Gasteiger partial charge in [0.1, 0.15) is 11.9 Å². The number of nitrogens with one attached hydrogen (secondary N) is 1. The van der Waals surface area contributed by atoms with Gasteiger partial charge in [-0.05, 0) is 20.0 Å². The molecule has 1 aromatic carbocycles. The van der Waals surface area contributed by atoms with Crippen molar-refractivity contribution in [1.82, 2.24) is 5.32 Å². The number of likely N-dealkylation sites (N-methyl/N-ethyl adjacent to an activating group) is 1. The fourth-order valence-corrected chi connectivity index (χ4v) is 2.34. The number of hydrogen-bond donors (Lipinski definition) is 1. The van der Waals surface area contributed by atoms with Gasteiger partial charge < -0.3 is 19.5 Å². The first-order valence-electron chi connectivity index (χ1n) is 6.27. The van der Waals surface area contributed by atoms with Crippen molar-refractivity contribution >= 4 is 0 Å². The molecule has 0 saturated carbocycles. The van der Waals surface area contributed by atoms with Crippen LogP contribution in [-0.4, -0.2) is 40.1 Å². The third kappa shape index (κ3) is 2.83. The van der Waals surface area contributed by atoms with E-state index in [2.05, 4.69) is 18.3 Å². The number of methoxy groups -OCH3 is 1. The second kappa shape index (κ2) is 6.18. The molecule has 1 saturated heterocycles. The van der Waals surface area contributed by atoms with Crippen LogP contribution in [0.4, 0.5) is 0 Å². The SMILES string of the molecule is CNC(c1cc(C)ccc1OC)C1COCCO1. The van der Waals surface area contributed by atoms with Crippen molar-refractivity contribution in [1.29, 1.82) is 0 Å². The molecule has 2 atom stereocenters. The van der Waals surface area contributed by atoms with E-state index in [0.29, 0.717) is 19.8 Å². The highest BCUT2D eigenvalue weighted by Crippen LogP contribution is 2.30. The van der Waals surface area contributed by atoms with Crippen molar-refractivity contribution in [3.63, 3.8) is 0 Å². The summed E-state index contributed by atoms with van der Waals surface area (Å²) in [5.41, 5.74) is 2.33. The molecular formula is C14H21NO3. The first kappa shape index (κ1) is 13.3. The molecular weight excluding hydrogens is 230 g/mol. The van der Waals surface area contributed by atoms with Gasteiger partial charge in [0.05, 0.1) is 33.0 Å². The van der Waals surface area contributed by atoms with E-state index in [1.807, 2.05) is 19.2 Å². The van der Waals surface area contributed by atoms with Crippen molar-refractivity contribution in [2.75, 3.05) is 34.0 Å². The monoisotopic (exact) mass is 251 g/mol. The summed E-state index contributed by atoms with van der Waals surface area (Å²) in [6, 6.07) is 6.27. The first-order valence-corrected chi connectivity index (χ1v) is 6.27. The summed E-state index contributed by atoms with van der Waals surface area (Å²) in [4.78, 5) is 0. The zero-order chi connectivity index (χ0) is 13.0. The van der Waals surface area contributed by atoms with E-state index in [9.17, 15) is 0 Å². The van der Waals surface area contributed by atoms with Gasteiger partial charge in [-0.2, -0.15) is 0 Å². The predicted octanol–water partition coefficient (Wildman–Crippen LogP) is 1.68. The van der Waals surface area contributed by atoms with Gasteiger partial charge in [0, 0.05) is 5.56 Å². The highest BCUT2D eigenvalue weighted by atomic mass is 16.6. The Bertz CT molecular complexity index is 389. The van der Waals surface area contributed by atoms with Gasteiger partial charge in [-0.25, -0.2) is 0 Å². The molecule has 18 heavy (non-hydrogen) atoms. The Hall–Kier alpha value is -1.10. The van der Waals surface area contributed by atoms with Crippen LogP contribution in [0, 0.1) is 6.92 Å². The van der Waals surface area contributed by atoms with Crippen LogP contribution in [0.5, 0.6) is 5.75 Å². The highest BCUT2D eigenvalue weighted by Gasteiger charge is 2.27. The fourth-order valence-electron chi connectivity index (χ4n) is 2.34. The summed E-state index contributed by atoms with van der Waals surface area (Å²) in [5, 5.41) is 3.30. The van der Waals surface area contributed by atoms with E-state index in [1.54, 1.807) is 7.11 Å². The molecule has 1 fully saturated rings. The summed E-state index contributed by atoms with van der Waals surface area (Å²) in [6.07, 6.45) is 0.0273. The van der Waals surface area contributed by atoms with Crippen LogP contribution in [-0.2, 0) is 9.47 Å². The number of rotatable bonds is 4. The smallest absolute Gasteiger partial charge is 0.123 e. The third-order valence-corrected chi connectivity index (χ3v) is 3.24. The molecule has 2 unspecified atom stereocenters. The lowest BCUT2D eigenvalue weighted by Gasteiger charge is -2.31. The zero-order valence-electron chi connectivity index (χ0n) is 11.2. The second-order valence-corrected chi connectivity index (χ2v) is 4.50. The van der Waals surface area contributed by atoms with Crippen LogP contribution in [0.3, 0.4) is 0 Å². The van der Waals surface area contributed by atoms with Crippen LogP contribution in [0.15, 0.2) is 18.2 Å². The van der Waals surface area contributed by atoms with E-state index in [-0.39, 0.29) is 12.1 Å². The Morgan fingerprint density at radius 3 is 2.83 bits per heavy atom. The maximum atomic E-state index is 5.78. The lowest BCUT2D eigenvalue weighted by atomic mass is 9.98. The lowest BCUT2D eigenvalue weighted by molar-refractivity contribution is -0.101. The van der Waals surface area contributed by atoms with Gasteiger partial charge in [-0.3, -0.25) is 0 Å². The van der Waals surface area contributed by atoms with Crippen molar-refractivity contribution in [2.45, 2.75) is 19.1 Å². The molecule has 2 rings (SSSR count). The van der Waals surface area contributed by atoms with Gasteiger partial charge in [0.15, 0.2) is 0 Å². The average molecular weight is 251 g/mol. The van der Waals surface area contributed by atoms with Gasteiger partial charge in [-0.1, -0.05) is 17.7 Å². The molecule has 0 radical (unpaired) electrons. The zero-order valence-corrected chi connectivity index (χ0v) is 11.2. The van der Waals surface area contributed by atoms with E-state index >= 15 is 0 Å². The molecule has 4 heteroatoms. The number of hydrogen-bond acceptors (Lipinski definition) is 4. The Morgan fingerprint density at radius 2 is 2.22 bits per heavy atom. The van der Waals surface area contributed by atoms with E-state index in [4.69, 9.17) is 14.2 Å². The molecule has 100 valence electrons. The standard InChI is InChI=1S/C14H21NO3/c1-10-4-5-12(16-3)11(8-10)14(15-2)13-9-17-6-7-18-13/h4-5,8,13-15H,6-7,9H2,1-3H3. The maximum Gasteiger partial charge on any atom is 0.123 e. The van der Waals surface area contributed by atoms with Crippen molar-refractivity contribution in [3.05, 3.63) is 29.3 Å². The number of ether oxygens (including phenoxy) is 3. The van der Waals surface area contributed by atoms with Crippen LogP contribution in [0.2, 0.25) is 0 Å². The molecule has 1 aliphatic heterocycles. The molecule has 1 heterocycles. The van der Waals surface area contributed by atoms with Crippen molar-refractivity contribution < 1.29 is 14.2 Å². The molecule has 4 nitrogen and oxygen atoms in total. The molecule has 0 aromatic heterocycles. The normalized spacial score (nSPS) is 21.6. The molecule has 0 aliphatic carbocycles. The summed E-state index contributed by atoms with van der Waals surface area (Å²) >= 11 is 0. The topological polar surface area (TPSA) is 39.7 Å². The first-order chi connectivity index (χ1) is 8.76. The summed E-state index contributed by atoms with van der Waals surface area (Å²) in [7, 11) is 3.63.